The van der Waals surface area contributed by atoms with E-state index in [0.29, 0.717) is 0 Å². The molecule has 0 fully saturated rings. The third-order valence-corrected chi connectivity index (χ3v) is 3.58. The molecule has 0 saturated carbocycles. The molecule has 19 heavy (non-hydrogen) atoms. The first-order chi connectivity index (χ1) is 9.31. The molecule has 0 radical (unpaired) electrons. The highest BCUT2D eigenvalue weighted by Gasteiger charge is 2.10. The van der Waals surface area contributed by atoms with Crippen LogP contribution in [0, 0.1) is 0 Å². The highest BCUT2D eigenvalue weighted by molar-refractivity contribution is 5.29. The first kappa shape index (κ1) is 13.8. The predicted molar refractivity (Wildman–Crippen MR) is 80.2 cm³/mol. The van der Waals surface area contributed by atoms with Crippen LogP contribution in [0.25, 0.3) is 0 Å². The van der Waals surface area contributed by atoms with Crippen LogP contribution in [0.1, 0.15) is 42.6 Å². The van der Waals surface area contributed by atoms with E-state index >= 15 is 0 Å². The van der Waals surface area contributed by atoms with E-state index in [1.165, 1.54) is 11.1 Å². The van der Waals surface area contributed by atoms with Gasteiger partial charge >= 0.3 is 0 Å². The molecular formula is C18H22O. The summed E-state index contributed by atoms with van der Waals surface area (Å²) in [6.45, 7) is 2.13. The predicted octanol–water partition coefficient (Wildman–Crippen LogP) is 4.31. The summed E-state index contributed by atoms with van der Waals surface area (Å²) in [5.41, 5.74) is 3.70. The van der Waals surface area contributed by atoms with Gasteiger partial charge in [-0.3, -0.25) is 0 Å². The van der Waals surface area contributed by atoms with Gasteiger partial charge in [0.25, 0.3) is 0 Å². The number of hydrogen-bond acceptors (Lipinski definition) is 1. The SMILES string of the molecule is CCc1ccccc1C(O)CCCc1ccccc1. The molecule has 1 unspecified atom stereocenters. The minimum Gasteiger partial charge on any atom is -0.388 e. The molecule has 2 aromatic carbocycles. The van der Waals surface area contributed by atoms with E-state index in [0.717, 1.165) is 31.2 Å². The molecule has 1 heteroatoms. The molecule has 1 atom stereocenters. The first-order valence-electron chi connectivity index (χ1n) is 7.11. The van der Waals surface area contributed by atoms with Crippen LogP contribution in [-0.2, 0) is 12.8 Å². The molecule has 100 valence electrons. The van der Waals surface area contributed by atoms with Crippen molar-refractivity contribution in [2.24, 2.45) is 0 Å². The molecule has 0 amide bonds. The maximum atomic E-state index is 10.3. The van der Waals surface area contributed by atoms with Gasteiger partial charge in [0.2, 0.25) is 0 Å². The van der Waals surface area contributed by atoms with Gasteiger partial charge in [-0.05, 0) is 42.4 Å². The third-order valence-electron chi connectivity index (χ3n) is 3.58. The molecule has 0 aliphatic carbocycles. The van der Waals surface area contributed by atoms with E-state index in [1.807, 2.05) is 24.3 Å². The summed E-state index contributed by atoms with van der Waals surface area (Å²) >= 11 is 0. The van der Waals surface area contributed by atoms with Crippen molar-refractivity contribution >= 4 is 0 Å². The van der Waals surface area contributed by atoms with Crippen LogP contribution in [0.4, 0.5) is 0 Å². The lowest BCUT2D eigenvalue weighted by molar-refractivity contribution is 0.163. The van der Waals surface area contributed by atoms with Crippen LogP contribution >= 0.6 is 0 Å². The van der Waals surface area contributed by atoms with Crippen LogP contribution in [-0.4, -0.2) is 5.11 Å². The summed E-state index contributed by atoms with van der Waals surface area (Å²) in [6, 6.07) is 18.7. The number of rotatable bonds is 6. The lowest BCUT2D eigenvalue weighted by atomic mass is 9.96. The summed E-state index contributed by atoms with van der Waals surface area (Å²) in [5, 5.41) is 10.3. The largest absolute Gasteiger partial charge is 0.388 e. The van der Waals surface area contributed by atoms with Crippen molar-refractivity contribution in [3.05, 3.63) is 71.3 Å². The van der Waals surface area contributed by atoms with Crippen LogP contribution in [0.3, 0.4) is 0 Å². The summed E-state index contributed by atoms with van der Waals surface area (Å²) in [4.78, 5) is 0. The molecule has 2 rings (SSSR count). The van der Waals surface area contributed by atoms with Gasteiger partial charge in [-0.25, -0.2) is 0 Å². The topological polar surface area (TPSA) is 20.2 Å². The molecule has 0 aromatic heterocycles. The number of benzene rings is 2. The molecule has 2 aromatic rings. The lowest BCUT2D eigenvalue weighted by Crippen LogP contribution is -2.02. The molecule has 0 saturated heterocycles. The van der Waals surface area contributed by atoms with E-state index in [-0.39, 0.29) is 6.10 Å². The van der Waals surface area contributed by atoms with Gasteiger partial charge in [0, 0.05) is 0 Å². The summed E-state index contributed by atoms with van der Waals surface area (Å²) in [7, 11) is 0. The Hall–Kier alpha value is -1.60. The number of aliphatic hydroxyl groups excluding tert-OH is 1. The standard InChI is InChI=1S/C18H22O/c1-2-16-12-6-7-13-17(16)18(19)14-8-11-15-9-4-3-5-10-15/h3-7,9-10,12-13,18-19H,2,8,11,14H2,1H3. The van der Waals surface area contributed by atoms with Crippen molar-refractivity contribution in [1.82, 2.24) is 0 Å². The molecule has 1 N–H and O–H groups in total. The molecule has 0 aliphatic rings. The van der Waals surface area contributed by atoms with E-state index in [1.54, 1.807) is 0 Å². The average Bonchev–Trinajstić information content (AvgIpc) is 2.48. The fourth-order valence-corrected chi connectivity index (χ4v) is 2.48. The monoisotopic (exact) mass is 254 g/mol. The third kappa shape index (κ3) is 3.93. The second kappa shape index (κ2) is 7.10. The molecule has 0 aliphatic heterocycles. The van der Waals surface area contributed by atoms with Crippen LogP contribution in [0.5, 0.6) is 0 Å². The molecule has 0 bridgehead atoms. The maximum Gasteiger partial charge on any atom is 0.0792 e. The van der Waals surface area contributed by atoms with E-state index < -0.39 is 0 Å². The van der Waals surface area contributed by atoms with Gasteiger partial charge in [0.15, 0.2) is 0 Å². The molecule has 1 nitrogen and oxygen atoms in total. The van der Waals surface area contributed by atoms with Gasteiger partial charge in [-0.1, -0.05) is 61.5 Å². The Labute approximate surface area is 115 Å². The van der Waals surface area contributed by atoms with Gasteiger partial charge in [-0.2, -0.15) is 0 Å². The van der Waals surface area contributed by atoms with Crippen molar-refractivity contribution in [2.75, 3.05) is 0 Å². The molecular weight excluding hydrogens is 232 g/mol. The fraction of sp³-hybridized carbons (Fsp3) is 0.333. The lowest BCUT2D eigenvalue weighted by Gasteiger charge is -2.14. The second-order valence-corrected chi connectivity index (χ2v) is 4.95. The summed E-state index contributed by atoms with van der Waals surface area (Å²) in [5.74, 6) is 0. The second-order valence-electron chi connectivity index (χ2n) is 4.95. The van der Waals surface area contributed by atoms with Crippen LogP contribution in [0.2, 0.25) is 0 Å². The average molecular weight is 254 g/mol. The van der Waals surface area contributed by atoms with E-state index in [4.69, 9.17) is 0 Å². The Morgan fingerprint density at radius 3 is 2.37 bits per heavy atom. The van der Waals surface area contributed by atoms with E-state index in [2.05, 4.69) is 37.3 Å². The normalized spacial score (nSPS) is 12.3. The quantitative estimate of drug-likeness (QED) is 0.814. The maximum absolute atomic E-state index is 10.3. The first-order valence-corrected chi connectivity index (χ1v) is 7.11. The minimum absolute atomic E-state index is 0.333. The van der Waals surface area contributed by atoms with Gasteiger partial charge in [-0.15, -0.1) is 0 Å². The van der Waals surface area contributed by atoms with Crippen molar-refractivity contribution in [3.8, 4) is 0 Å². The van der Waals surface area contributed by atoms with Crippen molar-refractivity contribution in [2.45, 2.75) is 38.7 Å². The molecule has 0 heterocycles. The van der Waals surface area contributed by atoms with Crippen LogP contribution in [0.15, 0.2) is 54.6 Å². The highest BCUT2D eigenvalue weighted by Crippen LogP contribution is 2.23. The van der Waals surface area contributed by atoms with E-state index in [9.17, 15) is 5.11 Å². The van der Waals surface area contributed by atoms with Crippen molar-refractivity contribution in [3.63, 3.8) is 0 Å². The highest BCUT2D eigenvalue weighted by atomic mass is 16.3. The number of aryl methyl sites for hydroxylation is 2. The Kier molecular flexibility index (Phi) is 5.17. The summed E-state index contributed by atoms with van der Waals surface area (Å²) < 4.78 is 0. The minimum atomic E-state index is -0.333. The smallest absolute Gasteiger partial charge is 0.0792 e. The van der Waals surface area contributed by atoms with Gasteiger partial charge < -0.3 is 5.11 Å². The Bertz CT molecular complexity index is 490. The zero-order valence-corrected chi connectivity index (χ0v) is 11.5. The zero-order chi connectivity index (χ0) is 13.5. The zero-order valence-electron chi connectivity index (χ0n) is 11.5. The number of hydrogen-bond donors (Lipinski definition) is 1. The van der Waals surface area contributed by atoms with Crippen molar-refractivity contribution < 1.29 is 5.11 Å². The van der Waals surface area contributed by atoms with Crippen molar-refractivity contribution in [1.29, 1.82) is 0 Å². The Morgan fingerprint density at radius 2 is 1.63 bits per heavy atom. The van der Waals surface area contributed by atoms with Gasteiger partial charge in [0.05, 0.1) is 6.10 Å². The van der Waals surface area contributed by atoms with Crippen LogP contribution < -0.4 is 0 Å². The fourth-order valence-electron chi connectivity index (χ4n) is 2.48. The number of aliphatic hydroxyl groups is 1. The van der Waals surface area contributed by atoms with Gasteiger partial charge in [0.1, 0.15) is 0 Å². The molecule has 0 spiro atoms. The summed E-state index contributed by atoms with van der Waals surface area (Å²) in [6.07, 6.45) is 3.52. The Morgan fingerprint density at radius 1 is 0.947 bits per heavy atom. The Balaban J connectivity index is 1.89.